The number of carbonyl (C=O) groups excluding carboxylic acids is 1. The number of aryl methyl sites for hydroxylation is 1. The van der Waals surface area contributed by atoms with Crippen molar-refractivity contribution in [1.82, 2.24) is 14.9 Å². The molecule has 0 aliphatic carbocycles. The molecule has 2 N–H and O–H groups in total. The smallest absolute Gasteiger partial charge is 0.262 e. The first kappa shape index (κ1) is 33.5. The van der Waals surface area contributed by atoms with Gasteiger partial charge in [0.1, 0.15) is 28.8 Å². The van der Waals surface area contributed by atoms with Crippen molar-refractivity contribution < 1.29 is 31.1 Å². The van der Waals surface area contributed by atoms with Gasteiger partial charge in [0.15, 0.2) is 0 Å². The van der Waals surface area contributed by atoms with E-state index < -0.39 is 33.6 Å². The van der Waals surface area contributed by atoms with Gasteiger partial charge >= 0.3 is 0 Å². The number of methoxy groups -OCH3 is 1. The standard InChI is InChI=1S/C36H32F2N4O6S/c1-5-49(45,46)41-30-18-32-28(33(35(43)39-3)34(48-32)22-8-13-25(38)14-9-22)17-26(30)23-10-15-29-27(16-23)36(44)42(20(2)40-29)31(19-47-4)21-6-11-24(37)12-7-21/h6-18,31,41H,5,19H2,1-4H3,(H,39,43)/t31-/m0/s1. The van der Waals surface area contributed by atoms with Crippen LogP contribution in [0.15, 0.2) is 88.1 Å². The topological polar surface area (TPSA) is 133 Å². The maximum absolute atomic E-state index is 14.2. The van der Waals surface area contributed by atoms with E-state index in [0.29, 0.717) is 39.0 Å². The second kappa shape index (κ2) is 13.2. The summed E-state index contributed by atoms with van der Waals surface area (Å²) in [7, 11) is -0.831. The number of halogens is 2. The van der Waals surface area contributed by atoms with Gasteiger partial charge in [-0.1, -0.05) is 18.2 Å². The Morgan fingerprint density at radius 1 is 0.959 bits per heavy atom. The van der Waals surface area contributed by atoms with Crippen LogP contribution in [-0.2, 0) is 14.8 Å². The normalized spacial score (nSPS) is 12.4. The molecule has 6 aromatic rings. The van der Waals surface area contributed by atoms with Gasteiger partial charge in [0.25, 0.3) is 11.5 Å². The van der Waals surface area contributed by atoms with Gasteiger partial charge in [-0.25, -0.2) is 22.2 Å². The van der Waals surface area contributed by atoms with Crippen molar-refractivity contribution >= 4 is 43.5 Å². The van der Waals surface area contributed by atoms with E-state index in [2.05, 4.69) is 15.0 Å². The average molecular weight is 687 g/mol. The summed E-state index contributed by atoms with van der Waals surface area (Å²) in [6.07, 6.45) is 0. The van der Waals surface area contributed by atoms with Crippen LogP contribution in [0.1, 0.15) is 34.7 Å². The summed E-state index contributed by atoms with van der Waals surface area (Å²) in [6.45, 7) is 3.30. The van der Waals surface area contributed by atoms with Crippen molar-refractivity contribution in [1.29, 1.82) is 0 Å². The minimum atomic E-state index is -3.80. The van der Waals surface area contributed by atoms with Crippen molar-refractivity contribution in [2.75, 3.05) is 31.2 Å². The molecule has 13 heteroatoms. The summed E-state index contributed by atoms with van der Waals surface area (Å²) in [6, 6.07) is 18.7. The van der Waals surface area contributed by atoms with Crippen LogP contribution < -0.4 is 15.6 Å². The Balaban J connectivity index is 1.60. The number of amides is 1. The summed E-state index contributed by atoms with van der Waals surface area (Å²) in [5.74, 6) is -0.997. The van der Waals surface area contributed by atoms with Gasteiger partial charge < -0.3 is 14.5 Å². The highest BCUT2D eigenvalue weighted by atomic mass is 32.2. The molecular weight excluding hydrogens is 654 g/mol. The van der Waals surface area contributed by atoms with Crippen LogP contribution in [0.2, 0.25) is 0 Å². The quantitative estimate of drug-likeness (QED) is 0.170. The molecule has 0 bridgehead atoms. The Hall–Kier alpha value is -5.40. The van der Waals surface area contributed by atoms with Gasteiger partial charge in [0.2, 0.25) is 10.0 Å². The molecule has 0 saturated carbocycles. The monoisotopic (exact) mass is 686 g/mol. The van der Waals surface area contributed by atoms with E-state index in [1.54, 1.807) is 43.3 Å². The van der Waals surface area contributed by atoms with Crippen LogP contribution >= 0.6 is 0 Å². The molecule has 49 heavy (non-hydrogen) atoms. The molecule has 0 saturated heterocycles. The Bertz CT molecular complexity index is 2390. The van der Waals surface area contributed by atoms with E-state index >= 15 is 0 Å². The fraction of sp³-hybridized carbons (Fsp3) is 0.194. The Kier molecular flexibility index (Phi) is 9.06. The van der Waals surface area contributed by atoms with E-state index in [4.69, 9.17) is 9.15 Å². The molecule has 4 aromatic carbocycles. The molecule has 0 aliphatic rings. The van der Waals surface area contributed by atoms with Crippen molar-refractivity contribution in [2.45, 2.75) is 19.9 Å². The maximum atomic E-state index is 14.2. The molecule has 2 aromatic heterocycles. The van der Waals surface area contributed by atoms with Crippen LogP contribution in [0.3, 0.4) is 0 Å². The molecule has 1 amide bonds. The SMILES string of the molecule is CCS(=O)(=O)Nc1cc2oc(-c3ccc(F)cc3)c(C(=O)NC)c2cc1-c1ccc2nc(C)n([C@@H](COC)c3ccc(F)cc3)c(=O)c2c1. The number of anilines is 1. The molecule has 10 nitrogen and oxygen atoms in total. The first-order chi connectivity index (χ1) is 23.4. The number of furan rings is 1. The van der Waals surface area contributed by atoms with Gasteiger partial charge in [-0.3, -0.25) is 18.9 Å². The van der Waals surface area contributed by atoms with Crippen molar-refractivity contribution in [3.8, 4) is 22.5 Å². The molecule has 0 spiro atoms. The number of carbonyl (C=O) groups is 1. The predicted octanol–water partition coefficient (Wildman–Crippen LogP) is 6.42. The fourth-order valence-electron chi connectivity index (χ4n) is 5.87. The second-order valence-electron chi connectivity index (χ2n) is 11.4. The summed E-state index contributed by atoms with van der Waals surface area (Å²) in [5, 5.41) is 3.22. The zero-order valence-electron chi connectivity index (χ0n) is 27.0. The Labute approximate surface area is 280 Å². The van der Waals surface area contributed by atoms with Gasteiger partial charge in [0.05, 0.1) is 40.6 Å². The third-order valence-corrected chi connectivity index (χ3v) is 9.60. The summed E-state index contributed by atoms with van der Waals surface area (Å²) in [4.78, 5) is 32.2. The minimum Gasteiger partial charge on any atom is -0.455 e. The fourth-order valence-corrected chi connectivity index (χ4v) is 6.52. The number of aromatic nitrogens is 2. The van der Waals surface area contributed by atoms with Crippen LogP contribution in [0.4, 0.5) is 14.5 Å². The Morgan fingerprint density at radius 2 is 1.61 bits per heavy atom. The van der Waals surface area contributed by atoms with Crippen molar-refractivity contribution in [2.24, 2.45) is 0 Å². The summed E-state index contributed by atoms with van der Waals surface area (Å²) < 4.78 is 68.9. The number of ether oxygens (including phenoxy) is 1. The zero-order chi connectivity index (χ0) is 35.0. The number of hydrogen-bond donors (Lipinski definition) is 2. The molecule has 1 atom stereocenters. The number of rotatable bonds is 10. The number of benzene rings is 4. The number of fused-ring (bicyclic) bond motifs is 2. The van der Waals surface area contributed by atoms with Crippen LogP contribution in [0, 0.1) is 18.6 Å². The van der Waals surface area contributed by atoms with Crippen molar-refractivity contribution in [3.05, 3.63) is 118 Å². The van der Waals surface area contributed by atoms with Gasteiger partial charge in [-0.15, -0.1) is 0 Å². The van der Waals surface area contributed by atoms with Gasteiger partial charge in [0, 0.05) is 36.7 Å². The number of sulfonamides is 1. The Morgan fingerprint density at radius 3 is 2.24 bits per heavy atom. The highest BCUT2D eigenvalue weighted by Gasteiger charge is 2.25. The van der Waals surface area contributed by atoms with Gasteiger partial charge in [-0.2, -0.15) is 0 Å². The lowest BCUT2D eigenvalue weighted by Gasteiger charge is -2.22. The summed E-state index contributed by atoms with van der Waals surface area (Å²) >= 11 is 0. The average Bonchev–Trinajstić information content (AvgIpc) is 3.46. The minimum absolute atomic E-state index is 0.109. The molecule has 0 aliphatic heterocycles. The highest BCUT2D eigenvalue weighted by Crippen LogP contribution is 2.40. The van der Waals surface area contributed by atoms with Crippen LogP contribution in [-0.4, -0.2) is 50.4 Å². The zero-order valence-corrected chi connectivity index (χ0v) is 27.8. The lowest BCUT2D eigenvalue weighted by molar-refractivity contribution is 0.0964. The van der Waals surface area contributed by atoms with Crippen LogP contribution in [0.25, 0.3) is 44.3 Å². The third-order valence-electron chi connectivity index (χ3n) is 8.31. The van der Waals surface area contributed by atoms with Gasteiger partial charge in [-0.05, 0) is 79.6 Å². The van der Waals surface area contributed by atoms with E-state index in [1.165, 1.54) is 68.1 Å². The highest BCUT2D eigenvalue weighted by molar-refractivity contribution is 7.92. The third kappa shape index (κ3) is 6.42. The predicted molar refractivity (Wildman–Crippen MR) is 184 cm³/mol. The number of nitrogens with one attached hydrogen (secondary N) is 2. The van der Waals surface area contributed by atoms with E-state index in [9.17, 15) is 26.8 Å². The first-order valence-corrected chi connectivity index (χ1v) is 17.0. The molecular formula is C36H32F2N4O6S. The van der Waals surface area contributed by atoms with E-state index in [0.717, 1.165) is 0 Å². The summed E-state index contributed by atoms with van der Waals surface area (Å²) in [5.41, 5.74) is 2.44. The lowest BCUT2D eigenvalue weighted by atomic mass is 9.97. The molecule has 6 rings (SSSR count). The van der Waals surface area contributed by atoms with E-state index in [1.807, 2.05) is 0 Å². The molecule has 0 radical (unpaired) electrons. The van der Waals surface area contributed by atoms with E-state index in [-0.39, 0.29) is 45.9 Å². The largest absolute Gasteiger partial charge is 0.455 e. The number of hydrogen-bond acceptors (Lipinski definition) is 7. The molecule has 2 heterocycles. The molecule has 0 fully saturated rings. The maximum Gasteiger partial charge on any atom is 0.262 e. The van der Waals surface area contributed by atoms with Crippen molar-refractivity contribution in [3.63, 3.8) is 0 Å². The first-order valence-electron chi connectivity index (χ1n) is 15.3. The second-order valence-corrected chi connectivity index (χ2v) is 13.4. The lowest BCUT2D eigenvalue weighted by Crippen LogP contribution is -2.31. The molecule has 0 unspecified atom stereocenters. The van der Waals surface area contributed by atoms with Crippen LogP contribution in [0.5, 0.6) is 0 Å². The molecule has 252 valence electrons. The number of nitrogens with zero attached hydrogens (tertiary/aromatic N) is 2.